The van der Waals surface area contributed by atoms with Gasteiger partial charge in [0.15, 0.2) is 11.5 Å². The van der Waals surface area contributed by atoms with Gasteiger partial charge in [0, 0.05) is 36.3 Å². The number of carbonyl (C=O) groups excluding carboxylic acids is 1. The van der Waals surface area contributed by atoms with Gasteiger partial charge in [-0.15, -0.1) is 0 Å². The lowest BCUT2D eigenvalue weighted by atomic mass is 10.1. The van der Waals surface area contributed by atoms with Crippen LogP contribution in [0.2, 0.25) is 5.02 Å². The fourth-order valence-electron chi connectivity index (χ4n) is 3.07. The number of fused-ring (bicyclic) bond motifs is 1. The highest BCUT2D eigenvalue weighted by atomic mass is 35.5. The molecule has 126 valence electrons. The van der Waals surface area contributed by atoms with E-state index in [0.29, 0.717) is 36.0 Å². The third-order valence-electron chi connectivity index (χ3n) is 4.08. The molecule has 0 spiro atoms. The summed E-state index contributed by atoms with van der Waals surface area (Å²) in [4.78, 5) is 14.5. The number of hydrogen-bond acceptors (Lipinski definition) is 5. The van der Waals surface area contributed by atoms with Crippen LogP contribution in [-0.4, -0.2) is 42.3 Å². The van der Waals surface area contributed by atoms with Crippen molar-refractivity contribution >= 4 is 17.5 Å². The summed E-state index contributed by atoms with van der Waals surface area (Å²) in [5, 5.41) is 3.57. The second kappa shape index (κ2) is 6.55. The number of likely N-dealkylation sites (tertiary alicyclic amines) is 1. The molecule has 1 saturated heterocycles. The van der Waals surface area contributed by atoms with Gasteiger partial charge in [0.1, 0.15) is 0 Å². The van der Waals surface area contributed by atoms with Crippen molar-refractivity contribution in [2.75, 3.05) is 13.3 Å². The molecule has 0 saturated carbocycles. The Bertz CT molecular complexity index is 608. The summed E-state index contributed by atoms with van der Waals surface area (Å²) in [6.07, 6.45) is 0.653. The molecular formula is C16H22ClN3O3. The molecule has 1 amide bonds. The molecule has 1 aromatic carbocycles. The number of ether oxygens (including phenoxy) is 2. The van der Waals surface area contributed by atoms with Crippen molar-refractivity contribution in [3.05, 3.63) is 22.7 Å². The molecule has 2 aliphatic rings. The number of amides is 1. The summed E-state index contributed by atoms with van der Waals surface area (Å²) in [5.74, 6) is 1.37. The highest BCUT2D eigenvalue weighted by Crippen LogP contribution is 2.37. The first kappa shape index (κ1) is 16.4. The molecule has 2 atom stereocenters. The molecule has 0 bridgehead atoms. The maximum atomic E-state index is 12.4. The molecule has 0 aromatic heterocycles. The predicted molar refractivity (Wildman–Crippen MR) is 87.6 cm³/mol. The zero-order valence-corrected chi connectivity index (χ0v) is 14.1. The van der Waals surface area contributed by atoms with Gasteiger partial charge in [0.05, 0.1) is 6.04 Å². The third-order valence-corrected chi connectivity index (χ3v) is 4.44. The Hall–Kier alpha value is -1.50. The van der Waals surface area contributed by atoms with Gasteiger partial charge in [0.2, 0.25) is 12.7 Å². The molecule has 2 aliphatic heterocycles. The van der Waals surface area contributed by atoms with Crippen LogP contribution in [0.3, 0.4) is 0 Å². The topological polar surface area (TPSA) is 76.8 Å². The molecular weight excluding hydrogens is 318 g/mol. The normalized spacial score (nSPS) is 23.5. The highest BCUT2D eigenvalue weighted by molar-refractivity contribution is 6.31. The minimum atomic E-state index is -0.228. The lowest BCUT2D eigenvalue weighted by molar-refractivity contribution is -0.126. The predicted octanol–water partition coefficient (Wildman–Crippen LogP) is 1.49. The van der Waals surface area contributed by atoms with E-state index in [2.05, 4.69) is 10.2 Å². The van der Waals surface area contributed by atoms with Gasteiger partial charge in [-0.3, -0.25) is 9.69 Å². The van der Waals surface area contributed by atoms with E-state index < -0.39 is 0 Å². The number of benzene rings is 1. The molecule has 0 unspecified atom stereocenters. The molecule has 2 heterocycles. The highest BCUT2D eigenvalue weighted by Gasteiger charge is 2.35. The van der Waals surface area contributed by atoms with Crippen LogP contribution in [-0.2, 0) is 11.3 Å². The van der Waals surface area contributed by atoms with Crippen LogP contribution in [0.1, 0.15) is 25.8 Å². The minimum Gasteiger partial charge on any atom is -0.454 e. The Balaban J connectivity index is 1.76. The number of nitrogens with two attached hydrogens (primary N) is 1. The van der Waals surface area contributed by atoms with E-state index in [0.717, 1.165) is 5.56 Å². The van der Waals surface area contributed by atoms with Crippen LogP contribution >= 0.6 is 11.6 Å². The summed E-state index contributed by atoms with van der Waals surface area (Å²) < 4.78 is 10.7. The van der Waals surface area contributed by atoms with E-state index in [-0.39, 0.29) is 30.8 Å². The van der Waals surface area contributed by atoms with E-state index in [1.165, 1.54) is 0 Å². The summed E-state index contributed by atoms with van der Waals surface area (Å²) in [5.41, 5.74) is 6.98. The quantitative estimate of drug-likeness (QED) is 0.869. The Morgan fingerprint density at radius 2 is 2.13 bits per heavy atom. The lowest BCUT2D eigenvalue weighted by Gasteiger charge is -2.25. The molecule has 0 radical (unpaired) electrons. The number of carbonyl (C=O) groups is 1. The van der Waals surface area contributed by atoms with E-state index in [1.54, 1.807) is 6.07 Å². The number of hydrogen-bond donors (Lipinski definition) is 2. The summed E-state index contributed by atoms with van der Waals surface area (Å²) >= 11 is 6.34. The van der Waals surface area contributed by atoms with Gasteiger partial charge in [0.25, 0.3) is 0 Å². The van der Waals surface area contributed by atoms with Gasteiger partial charge in [-0.2, -0.15) is 0 Å². The monoisotopic (exact) mass is 339 g/mol. The van der Waals surface area contributed by atoms with Crippen molar-refractivity contribution < 1.29 is 14.3 Å². The maximum absolute atomic E-state index is 12.4. The molecule has 1 fully saturated rings. The second-order valence-electron chi connectivity index (χ2n) is 6.40. The summed E-state index contributed by atoms with van der Waals surface area (Å²) in [6, 6.07) is 3.51. The fourth-order valence-corrected chi connectivity index (χ4v) is 3.28. The third kappa shape index (κ3) is 3.54. The van der Waals surface area contributed by atoms with Crippen LogP contribution in [0, 0.1) is 0 Å². The van der Waals surface area contributed by atoms with Gasteiger partial charge in [-0.25, -0.2) is 0 Å². The molecule has 23 heavy (non-hydrogen) atoms. The molecule has 0 aliphatic carbocycles. The van der Waals surface area contributed by atoms with E-state index >= 15 is 0 Å². The van der Waals surface area contributed by atoms with Crippen LogP contribution in [0.15, 0.2) is 12.1 Å². The van der Waals surface area contributed by atoms with Crippen molar-refractivity contribution in [2.45, 2.75) is 44.9 Å². The van der Waals surface area contributed by atoms with Crippen LogP contribution in [0.4, 0.5) is 0 Å². The van der Waals surface area contributed by atoms with Gasteiger partial charge in [-0.1, -0.05) is 11.6 Å². The summed E-state index contributed by atoms with van der Waals surface area (Å²) in [6.45, 7) is 5.33. The SMILES string of the molecule is CC(C)NC(=O)[C@@H]1C[C@@H](N)CN1Cc1cc2c(cc1Cl)OCO2. The fraction of sp³-hybridized carbons (Fsp3) is 0.562. The molecule has 3 N–H and O–H groups in total. The van der Waals surface area contributed by atoms with Crippen molar-refractivity contribution in [1.82, 2.24) is 10.2 Å². The zero-order valence-electron chi connectivity index (χ0n) is 13.3. The Kier molecular flexibility index (Phi) is 4.66. The average Bonchev–Trinajstić information content (AvgIpc) is 3.04. The van der Waals surface area contributed by atoms with Crippen molar-refractivity contribution in [3.63, 3.8) is 0 Å². The van der Waals surface area contributed by atoms with E-state index in [4.69, 9.17) is 26.8 Å². The van der Waals surface area contributed by atoms with Crippen molar-refractivity contribution in [3.8, 4) is 11.5 Å². The first-order valence-corrected chi connectivity index (χ1v) is 8.20. The van der Waals surface area contributed by atoms with Gasteiger partial charge < -0.3 is 20.5 Å². The average molecular weight is 340 g/mol. The molecule has 3 rings (SSSR count). The first-order valence-electron chi connectivity index (χ1n) is 7.82. The van der Waals surface area contributed by atoms with E-state index in [1.807, 2.05) is 19.9 Å². The molecule has 6 nitrogen and oxygen atoms in total. The van der Waals surface area contributed by atoms with Crippen LogP contribution in [0.25, 0.3) is 0 Å². The van der Waals surface area contributed by atoms with Crippen molar-refractivity contribution in [1.29, 1.82) is 0 Å². The van der Waals surface area contributed by atoms with Crippen LogP contribution < -0.4 is 20.5 Å². The van der Waals surface area contributed by atoms with E-state index in [9.17, 15) is 4.79 Å². The smallest absolute Gasteiger partial charge is 0.237 e. The second-order valence-corrected chi connectivity index (χ2v) is 6.81. The van der Waals surface area contributed by atoms with Gasteiger partial charge in [-0.05, 0) is 31.9 Å². The Morgan fingerprint density at radius 1 is 1.43 bits per heavy atom. The molecule has 7 heteroatoms. The molecule has 1 aromatic rings. The minimum absolute atomic E-state index is 0.00861. The van der Waals surface area contributed by atoms with Crippen molar-refractivity contribution in [2.24, 2.45) is 5.73 Å². The Morgan fingerprint density at radius 3 is 2.83 bits per heavy atom. The Labute approximate surface area is 140 Å². The number of rotatable bonds is 4. The zero-order chi connectivity index (χ0) is 16.6. The van der Waals surface area contributed by atoms with Crippen LogP contribution in [0.5, 0.6) is 11.5 Å². The largest absolute Gasteiger partial charge is 0.454 e. The maximum Gasteiger partial charge on any atom is 0.237 e. The number of nitrogens with one attached hydrogen (secondary N) is 1. The lowest BCUT2D eigenvalue weighted by Crippen LogP contribution is -2.45. The standard InChI is InChI=1S/C16H22ClN3O3/c1-9(2)19-16(21)13-4-11(18)7-20(13)6-10-3-14-15(5-12(10)17)23-8-22-14/h3,5,9,11,13H,4,6-8,18H2,1-2H3,(H,19,21)/t11-,13+/m1/s1. The number of halogens is 1. The summed E-state index contributed by atoms with van der Waals surface area (Å²) in [7, 11) is 0. The van der Waals surface area contributed by atoms with Gasteiger partial charge >= 0.3 is 0 Å². The number of nitrogens with zero attached hydrogens (tertiary/aromatic N) is 1. The first-order chi connectivity index (χ1) is 10.9.